The van der Waals surface area contributed by atoms with E-state index in [1.54, 1.807) is 7.05 Å². The molecule has 0 heterocycles. The molecule has 0 bridgehead atoms. The predicted octanol–water partition coefficient (Wildman–Crippen LogP) is 0.408. The van der Waals surface area contributed by atoms with Gasteiger partial charge in [-0.2, -0.15) is 0 Å². The van der Waals surface area contributed by atoms with Crippen molar-refractivity contribution in [3.8, 4) is 0 Å². The number of carbonyl (C=O) groups is 2. The second-order valence-corrected chi connectivity index (χ2v) is 3.85. The lowest BCUT2D eigenvalue weighted by molar-refractivity contribution is -0.130. The second kappa shape index (κ2) is 8.25. The van der Waals surface area contributed by atoms with Gasteiger partial charge in [-0.1, -0.05) is 30.3 Å². The van der Waals surface area contributed by atoms with Crippen LogP contribution in [-0.4, -0.2) is 44.0 Å². The zero-order chi connectivity index (χ0) is 13.2. The van der Waals surface area contributed by atoms with Gasteiger partial charge in [-0.3, -0.25) is 9.59 Å². The summed E-state index contributed by atoms with van der Waals surface area (Å²) >= 11 is 0. The topological polar surface area (TPSA) is 58.6 Å². The van der Waals surface area contributed by atoms with Crippen LogP contribution in [0.3, 0.4) is 0 Å². The molecule has 1 aromatic rings. The first-order valence-electron chi connectivity index (χ1n) is 5.76. The predicted molar refractivity (Wildman–Crippen MR) is 67.8 cm³/mol. The van der Waals surface area contributed by atoms with Crippen molar-refractivity contribution in [1.29, 1.82) is 0 Å². The van der Waals surface area contributed by atoms with Gasteiger partial charge in [-0.25, -0.2) is 0 Å². The summed E-state index contributed by atoms with van der Waals surface area (Å²) < 4.78 is 5.46. The first-order valence-corrected chi connectivity index (χ1v) is 5.76. The molecule has 0 saturated carbocycles. The molecule has 0 aromatic heterocycles. The van der Waals surface area contributed by atoms with E-state index in [1.807, 2.05) is 30.3 Å². The normalized spacial score (nSPS) is 9.83. The molecule has 98 valence electrons. The van der Waals surface area contributed by atoms with Crippen LogP contribution in [0, 0.1) is 0 Å². The van der Waals surface area contributed by atoms with Gasteiger partial charge in [0.2, 0.25) is 12.3 Å². The Kier molecular flexibility index (Phi) is 6.50. The highest BCUT2D eigenvalue weighted by atomic mass is 16.5. The SMILES string of the molecule is CN(CCOCc1ccccc1)C(=O)CNC=O. The van der Waals surface area contributed by atoms with Crippen LogP contribution in [0.4, 0.5) is 0 Å². The van der Waals surface area contributed by atoms with Gasteiger partial charge in [0.25, 0.3) is 0 Å². The number of carbonyl (C=O) groups excluding carboxylic acids is 2. The number of hydrogen-bond acceptors (Lipinski definition) is 3. The van der Waals surface area contributed by atoms with Crippen molar-refractivity contribution in [1.82, 2.24) is 10.2 Å². The summed E-state index contributed by atoms with van der Waals surface area (Å²) in [4.78, 5) is 23.0. The molecule has 5 nitrogen and oxygen atoms in total. The van der Waals surface area contributed by atoms with Gasteiger partial charge in [0.15, 0.2) is 0 Å². The number of amides is 2. The lowest BCUT2D eigenvalue weighted by Crippen LogP contribution is -2.36. The summed E-state index contributed by atoms with van der Waals surface area (Å²) in [7, 11) is 1.68. The van der Waals surface area contributed by atoms with Crippen molar-refractivity contribution in [2.75, 3.05) is 26.7 Å². The minimum atomic E-state index is -0.134. The van der Waals surface area contributed by atoms with Crippen molar-refractivity contribution in [2.24, 2.45) is 0 Å². The van der Waals surface area contributed by atoms with Crippen LogP contribution in [0.2, 0.25) is 0 Å². The molecule has 18 heavy (non-hydrogen) atoms. The largest absolute Gasteiger partial charge is 0.375 e. The second-order valence-electron chi connectivity index (χ2n) is 3.85. The van der Waals surface area contributed by atoms with Gasteiger partial charge < -0.3 is 15.0 Å². The van der Waals surface area contributed by atoms with Crippen molar-refractivity contribution in [2.45, 2.75) is 6.61 Å². The minimum Gasteiger partial charge on any atom is -0.375 e. The Morgan fingerprint density at radius 2 is 2.11 bits per heavy atom. The van der Waals surface area contributed by atoms with E-state index < -0.39 is 0 Å². The summed E-state index contributed by atoms with van der Waals surface area (Å²) in [6.45, 7) is 1.54. The molecule has 0 aliphatic heterocycles. The van der Waals surface area contributed by atoms with E-state index in [-0.39, 0.29) is 12.5 Å². The standard InChI is InChI=1S/C13H18N2O3/c1-15(13(17)9-14-11-16)7-8-18-10-12-5-3-2-4-6-12/h2-6,11H,7-10H2,1H3,(H,14,16). The van der Waals surface area contributed by atoms with Crippen LogP contribution in [0.15, 0.2) is 30.3 Å². The van der Waals surface area contributed by atoms with E-state index in [9.17, 15) is 9.59 Å². The Hall–Kier alpha value is -1.88. The maximum atomic E-state index is 11.4. The molecule has 0 spiro atoms. The zero-order valence-electron chi connectivity index (χ0n) is 10.5. The van der Waals surface area contributed by atoms with E-state index in [0.29, 0.717) is 26.2 Å². The molecule has 1 N–H and O–H groups in total. The highest BCUT2D eigenvalue weighted by Crippen LogP contribution is 2.00. The fraction of sp³-hybridized carbons (Fsp3) is 0.385. The fourth-order valence-electron chi connectivity index (χ4n) is 1.35. The Bertz CT molecular complexity index is 368. The number of likely N-dealkylation sites (N-methyl/N-ethyl adjacent to an activating group) is 1. The van der Waals surface area contributed by atoms with Crippen LogP contribution < -0.4 is 5.32 Å². The highest BCUT2D eigenvalue weighted by Gasteiger charge is 2.06. The molecule has 1 rings (SSSR count). The van der Waals surface area contributed by atoms with Gasteiger partial charge in [0.05, 0.1) is 19.8 Å². The van der Waals surface area contributed by atoms with E-state index >= 15 is 0 Å². The quantitative estimate of drug-likeness (QED) is 0.537. The Balaban J connectivity index is 2.14. The molecule has 2 amide bonds. The van der Waals surface area contributed by atoms with E-state index in [1.165, 1.54) is 4.90 Å². The fourth-order valence-corrected chi connectivity index (χ4v) is 1.35. The van der Waals surface area contributed by atoms with E-state index in [4.69, 9.17) is 4.74 Å². The Labute approximate surface area is 107 Å². The molecule has 0 radical (unpaired) electrons. The molecule has 1 aromatic carbocycles. The maximum absolute atomic E-state index is 11.4. The monoisotopic (exact) mass is 250 g/mol. The maximum Gasteiger partial charge on any atom is 0.241 e. The number of nitrogens with one attached hydrogen (secondary N) is 1. The molecule has 0 fully saturated rings. The smallest absolute Gasteiger partial charge is 0.241 e. The van der Waals surface area contributed by atoms with Gasteiger partial charge >= 0.3 is 0 Å². The summed E-state index contributed by atoms with van der Waals surface area (Å²) in [6.07, 6.45) is 0.512. The zero-order valence-corrected chi connectivity index (χ0v) is 10.5. The highest BCUT2D eigenvalue weighted by molar-refractivity contribution is 5.79. The van der Waals surface area contributed by atoms with Crippen LogP contribution in [-0.2, 0) is 20.9 Å². The summed E-state index contributed by atoms with van der Waals surface area (Å²) in [5, 5.41) is 2.33. The number of hydrogen-bond donors (Lipinski definition) is 1. The lowest BCUT2D eigenvalue weighted by atomic mass is 10.2. The molecule has 0 aliphatic rings. The molecule has 0 atom stereocenters. The average Bonchev–Trinajstić information content (AvgIpc) is 2.41. The van der Waals surface area contributed by atoms with Gasteiger partial charge in [-0.05, 0) is 5.56 Å². The molecule has 5 heteroatoms. The molecule has 0 saturated heterocycles. The number of benzene rings is 1. The average molecular weight is 250 g/mol. The lowest BCUT2D eigenvalue weighted by Gasteiger charge is -2.16. The van der Waals surface area contributed by atoms with Gasteiger partial charge in [-0.15, -0.1) is 0 Å². The number of nitrogens with zero attached hydrogens (tertiary/aromatic N) is 1. The Morgan fingerprint density at radius 1 is 1.39 bits per heavy atom. The summed E-state index contributed by atoms with van der Waals surface area (Å²) in [6, 6.07) is 9.85. The van der Waals surface area contributed by atoms with Crippen molar-refractivity contribution in [3.05, 3.63) is 35.9 Å². The molecule has 0 unspecified atom stereocenters. The van der Waals surface area contributed by atoms with Crippen molar-refractivity contribution < 1.29 is 14.3 Å². The first kappa shape index (κ1) is 14.2. The summed E-state index contributed by atoms with van der Waals surface area (Å²) in [5.74, 6) is -0.134. The Morgan fingerprint density at radius 3 is 2.78 bits per heavy atom. The third kappa shape index (κ3) is 5.45. The molecular weight excluding hydrogens is 232 g/mol. The van der Waals surface area contributed by atoms with Crippen molar-refractivity contribution >= 4 is 12.3 Å². The third-order valence-electron chi connectivity index (χ3n) is 2.44. The van der Waals surface area contributed by atoms with Crippen LogP contribution in [0.5, 0.6) is 0 Å². The number of rotatable bonds is 8. The van der Waals surface area contributed by atoms with Crippen LogP contribution in [0.1, 0.15) is 5.56 Å². The van der Waals surface area contributed by atoms with Crippen LogP contribution in [0.25, 0.3) is 0 Å². The summed E-state index contributed by atoms with van der Waals surface area (Å²) in [5.41, 5.74) is 1.11. The first-order chi connectivity index (χ1) is 8.74. The third-order valence-corrected chi connectivity index (χ3v) is 2.44. The number of ether oxygens (including phenoxy) is 1. The minimum absolute atomic E-state index is 0.0265. The van der Waals surface area contributed by atoms with Gasteiger partial charge in [0, 0.05) is 13.6 Å². The molecular formula is C13H18N2O3. The van der Waals surface area contributed by atoms with Gasteiger partial charge in [0.1, 0.15) is 0 Å². The molecule has 0 aliphatic carbocycles. The van der Waals surface area contributed by atoms with Crippen LogP contribution >= 0.6 is 0 Å². The van der Waals surface area contributed by atoms with E-state index in [0.717, 1.165) is 5.56 Å². The van der Waals surface area contributed by atoms with Crippen molar-refractivity contribution in [3.63, 3.8) is 0 Å². The van der Waals surface area contributed by atoms with E-state index in [2.05, 4.69) is 5.32 Å².